The number of carbonyl (C=O) groups excluding carboxylic acids is 1. The molecular weight excluding hydrogens is 190 g/mol. The Balaban J connectivity index is 1.49. The maximum absolute atomic E-state index is 11.8. The summed E-state index contributed by atoms with van der Waals surface area (Å²) in [6.45, 7) is 0.598. The third-order valence-electron chi connectivity index (χ3n) is 3.66. The number of hydrogen-bond acceptors (Lipinski definition) is 2. The van der Waals surface area contributed by atoms with Crippen molar-refractivity contribution in [3.05, 3.63) is 24.2 Å². The minimum atomic E-state index is 0.225. The minimum absolute atomic E-state index is 0.225. The highest BCUT2D eigenvalue weighted by Crippen LogP contribution is 2.54. The van der Waals surface area contributed by atoms with Crippen LogP contribution in [-0.2, 0) is 11.3 Å². The van der Waals surface area contributed by atoms with Crippen LogP contribution in [0.4, 0.5) is 0 Å². The summed E-state index contributed by atoms with van der Waals surface area (Å²) in [5, 5.41) is 2.97. The van der Waals surface area contributed by atoms with Crippen molar-refractivity contribution in [2.24, 2.45) is 17.8 Å². The molecule has 1 heterocycles. The molecule has 2 atom stereocenters. The summed E-state index contributed by atoms with van der Waals surface area (Å²) in [4.78, 5) is 11.8. The molecule has 0 saturated heterocycles. The van der Waals surface area contributed by atoms with Gasteiger partial charge in [0.15, 0.2) is 0 Å². The topological polar surface area (TPSA) is 42.2 Å². The molecule has 3 rings (SSSR count). The van der Waals surface area contributed by atoms with Gasteiger partial charge in [0.05, 0.1) is 12.5 Å². The average Bonchev–Trinajstić information content (AvgIpc) is 2.75. The fourth-order valence-electron chi connectivity index (χ4n) is 2.66. The van der Waals surface area contributed by atoms with Gasteiger partial charge in [-0.3, -0.25) is 4.79 Å². The van der Waals surface area contributed by atoms with Crippen LogP contribution in [0.3, 0.4) is 0 Å². The van der Waals surface area contributed by atoms with Crippen LogP contribution in [0, 0.1) is 17.8 Å². The fourth-order valence-corrected chi connectivity index (χ4v) is 2.66. The van der Waals surface area contributed by atoms with Gasteiger partial charge in [-0.05, 0) is 37.2 Å². The van der Waals surface area contributed by atoms with Crippen molar-refractivity contribution >= 4 is 5.91 Å². The maximum Gasteiger partial charge on any atom is 0.223 e. The first-order valence-corrected chi connectivity index (χ1v) is 5.61. The van der Waals surface area contributed by atoms with E-state index in [1.54, 1.807) is 12.5 Å². The Hall–Kier alpha value is -1.25. The van der Waals surface area contributed by atoms with Crippen LogP contribution < -0.4 is 5.32 Å². The molecule has 0 aromatic carbocycles. The molecule has 3 heteroatoms. The normalized spacial score (nSPS) is 32.4. The number of rotatable bonds is 3. The molecule has 0 radical (unpaired) electrons. The SMILES string of the molecule is O=C(NCc1ccoc1)C1CC2CC2C1. The Kier molecular flexibility index (Phi) is 2.04. The number of hydrogen-bond donors (Lipinski definition) is 1. The number of amides is 1. The van der Waals surface area contributed by atoms with Crippen LogP contribution in [0.1, 0.15) is 24.8 Å². The Labute approximate surface area is 88.8 Å². The Morgan fingerprint density at radius 1 is 1.40 bits per heavy atom. The van der Waals surface area contributed by atoms with E-state index in [4.69, 9.17) is 4.42 Å². The standard InChI is InChI=1S/C12H15NO2/c14-12(11-4-9-3-10(9)5-11)13-6-8-1-2-15-7-8/h1-2,7,9-11H,3-6H2,(H,13,14). The monoisotopic (exact) mass is 205 g/mol. The van der Waals surface area contributed by atoms with Crippen LogP contribution in [0.25, 0.3) is 0 Å². The third kappa shape index (κ3) is 1.78. The van der Waals surface area contributed by atoms with Gasteiger partial charge in [-0.15, -0.1) is 0 Å². The fraction of sp³-hybridized carbons (Fsp3) is 0.583. The van der Waals surface area contributed by atoms with E-state index in [9.17, 15) is 4.79 Å². The van der Waals surface area contributed by atoms with Crippen molar-refractivity contribution in [2.75, 3.05) is 0 Å². The zero-order valence-electron chi connectivity index (χ0n) is 8.61. The highest BCUT2D eigenvalue weighted by Gasteiger charge is 2.47. The molecule has 3 nitrogen and oxygen atoms in total. The van der Waals surface area contributed by atoms with Crippen molar-refractivity contribution in [1.82, 2.24) is 5.32 Å². The van der Waals surface area contributed by atoms with Gasteiger partial charge in [0.2, 0.25) is 5.91 Å². The van der Waals surface area contributed by atoms with Gasteiger partial charge in [0.1, 0.15) is 0 Å². The Morgan fingerprint density at radius 3 is 2.87 bits per heavy atom. The molecule has 2 aliphatic carbocycles. The quantitative estimate of drug-likeness (QED) is 0.819. The first kappa shape index (κ1) is 9.01. The lowest BCUT2D eigenvalue weighted by Crippen LogP contribution is -2.29. The first-order chi connectivity index (χ1) is 7.33. The highest BCUT2D eigenvalue weighted by molar-refractivity contribution is 5.79. The van der Waals surface area contributed by atoms with Crippen molar-refractivity contribution in [3.63, 3.8) is 0 Å². The van der Waals surface area contributed by atoms with Gasteiger partial charge in [0, 0.05) is 18.0 Å². The lowest BCUT2D eigenvalue weighted by Gasteiger charge is -2.11. The van der Waals surface area contributed by atoms with Crippen LogP contribution in [0.5, 0.6) is 0 Å². The molecule has 1 N–H and O–H groups in total. The van der Waals surface area contributed by atoms with Crippen molar-refractivity contribution in [2.45, 2.75) is 25.8 Å². The maximum atomic E-state index is 11.8. The van der Waals surface area contributed by atoms with Gasteiger partial charge in [-0.1, -0.05) is 0 Å². The number of fused-ring (bicyclic) bond motifs is 1. The lowest BCUT2D eigenvalue weighted by molar-refractivity contribution is -0.125. The van der Waals surface area contributed by atoms with E-state index in [0.717, 1.165) is 30.2 Å². The third-order valence-corrected chi connectivity index (χ3v) is 3.66. The Bertz CT molecular complexity index is 348. The number of nitrogens with one attached hydrogen (secondary N) is 1. The molecule has 2 saturated carbocycles. The van der Waals surface area contributed by atoms with Crippen molar-refractivity contribution < 1.29 is 9.21 Å². The molecule has 0 bridgehead atoms. The summed E-state index contributed by atoms with van der Waals surface area (Å²) in [5.74, 6) is 2.24. The van der Waals surface area contributed by atoms with E-state index in [1.165, 1.54) is 6.42 Å². The second-order valence-electron chi connectivity index (χ2n) is 4.77. The summed E-state index contributed by atoms with van der Waals surface area (Å²) in [7, 11) is 0. The molecular formula is C12H15NO2. The zero-order chi connectivity index (χ0) is 10.3. The van der Waals surface area contributed by atoms with Crippen LogP contribution >= 0.6 is 0 Å². The molecule has 2 fully saturated rings. The summed E-state index contributed by atoms with van der Waals surface area (Å²) < 4.78 is 4.95. The largest absolute Gasteiger partial charge is 0.472 e. The molecule has 1 amide bonds. The van der Waals surface area contributed by atoms with Crippen molar-refractivity contribution in [3.8, 4) is 0 Å². The number of furan rings is 1. The zero-order valence-corrected chi connectivity index (χ0v) is 8.61. The molecule has 80 valence electrons. The van der Waals surface area contributed by atoms with E-state index < -0.39 is 0 Å². The van der Waals surface area contributed by atoms with E-state index in [0.29, 0.717) is 6.54 Å². The molecule has 1 aromatic heterocycles. The summed E-state index contributed by atoms with van der Waals surface area (Å²) in [6.07, 6.45) is 6.90. The summed E-state index contributed by atoms with van der Waals surface area (Å²) >= 11 is 0. The summed E-state index contributed by atoms with van der Waals surface area (Å²) in [5.41, 5.74) is 1.03. The van der Waals surface area contributed by atoms with E-state index in [2.05, 4.69) is 5.32 Å². The second-order valence-corrected chi connectivity index (χ2v) is 4.77. The number of carbonyl (C=O) groups is 1. The Morgan fingerprint density at radius 2 is 2.20 bits per heavy atom. The average molecular weight is 205 g/mol. The predicted octanol–water partition coefficient (Wildman–Crippen LogP) is 1.94. The molecule has 0 aliphatic heterocycles. The lowest BCUT2D eigenvalue weighted by atomic mass is 10.0. The predicted molar refractivity (Wildman–Crippen MR) is 54.9 cm³/mol. The molecule has 0 spiro atoms. The van der Waals surface area contributed by atoms with Gasteiger partial charge in [0.25, 0.3) is 0 Å². The van der Waals surface area contributed by atoms with Crippen molar-refractivity contribution in [1.29, 1.82) is 0 Å². The van der Waals surface area contributed by atoms with Crippen LogP contribution in [0.15, 0.2) is 23.0 Å². The van der Waals surface area contributed by atoms with Gasteiger partial charge >= 0.3 is 0 Å². The second kappa shape index (κ2) is 3.40. The molecule has 2 unspecified atom stereocenters. The molecule has 15 heavy (non-hydrogen) atoms. The molecule has 2 aliphatic rings. The first-order valence-electron chi connectivity index (χ1n) is 5.61. The summed E-state index contributed by atoms with van der Waals surface area (Å²) in [6, 6.07) is 1.88. The van der Waals surface area contributed by atoms with Gasteiger partial charge in [-0.25, -0.2) is 0 Å². The van der Waals surface area contributed by atoms with Gasteiger partial charge < -0.3 is 9.73 Å². The van der Waals surface area contributed by atoms with Crippen LogP contribution in [-0.4, -0.2) is 5.91 Å². The van der Waals surface area contributed by atoms with E-state index in [-0.39, 0.29) is 11.8 Å². The van der Waals surface area contributed by atoms with E-state index >= 15 is 0 Å². The van der Waals surface area contributed by atoms with Crippen LogP contribution in [0.2, 0.25) is 0 Å². The van der Waals surface area contributed by atoms with Gasteiger partial charge in [-0.2, -0.15) is 0 Å². The minimum Gasteiger partial charge on any atom is -0.472 e. The smallest absolute Gasteiger partial charge is 0.223 e. The van der Waals surface area contributed by atoms with E-state index in [1.807, 2.05) is 6.07 Å². The molecule has 1 aromatic rings. The highest BCUT2D eigenvalue weighted by atomic mass is 16.3.